The van der Waals surface area contributed by atoms with Crippen LogP contribution in [-0.4, -0.2) is 11.5 Å². The van der Waals surface area contributed by atoms with Crippen molar-refractivity contribution in [2.45, 2.75) is 72.8 Å². The molecule has 1 heterocycles. The quantitative estimate of drug-likeness (QED) is 0.690. The molecule has 0 aliphatic heterocycles. The number of rotatable bonds is 9. The Labute approximate surface area is 125 Å². The van der Waals surface area contributed by atoms with Gasteiger partial charge in [-0.3, -0.25) is 4.98 Å². The molecule has 0 aliphatic rings. The van der Waals surface area contributed by atoms with Crippen LogP contribution in [0.25, 0.3) is 0 Å². The maximum absolute atomic E-state index is 4.70. The highest BCUT2D eigenvalue weighted by atomic mass is 14.9. The molecule has 1 aromatic rings. The minimum absolute atomic E-state index is 0.405. The summed E-state index contributed by atoms with van der Waals surface area (Å²) < 4.78 is 0. The van der Waals surface area contributed by atoms with Gasteiger partial charge in [0.15, 0.2) is 0 Å². The number of unbranched alkanes of at least 4 members (excludes halogenated alkanes) is 1. The molecule has 1 rings (SSSR count). The Morgan fingerprint density at radius 2 is 1.95 bits per heavy atom. The van der Waals surface area contributed by atoms with E-state index in [0.717, 1.165) is 12.5 Å². The molecule has 0 aliphatic carbocycles. The molecule has 0 amide bonds. The Hall–Kier alpha value is -0.890. The average molecular weight is 276 g/mol. The second-order valence-electron chi connectivity index (χ2n) is 5.98. The zero-order valence-electron chi connectivity index (χ0n) is 14.0. The van der Waals surface area contributed by atoms with Crippen molar-refractivity contribution in [2.75, 3.05) is 6.54 Å². The van der Waals surface area contributed by atoms with E-state index in [0.29, 0.717) is 6.04 Å². The molecule has 0 radical (unpaired) electrons. The maximum Gasteiger partial charge on any atom is 0.0602 e. The monoisotopic (exact) mass is 276 g/mol. The fraction of sp³-hybridized carbons (Fsp3) is 0.722. The Bertz CT molecular complexity index is 387. The van der Waals surface area contributed by atoms with Crippen LogP contribution in [0, 0.1) is 19.8 Å². The Balaban J connectivity index is 2.81. The van der Waals surface area contributed by atoms with Crippen LogP contribution in [-0.2, 0) is 0 Å². The van der Waals surface area contributed by atoms with Crippen molar-refractivity contribution < 1.29 is 0 Å². The van der Waals surface area contributed by atoms with E-state index < -0.39 is 0 Å². The molecule has 114 valence electrons. The van der Waals surface area contributed by atoms with Crippen LogP contribution in [0.15, 0.2) is 12.3 Å². The smallest absolute Gasteiger partial charge is 0.0602 e. The summed E-state index contributed by atoms with van der Waals surface area (Å²) in [4.78, 5) is 4.70. The fourth-order valence-electron chi connectivity index (χ4n) is 2.94. The van der Waals surface area contributed by atoms with E-state index in [4.69, 9.17) is 4.98 Å². The highest BCUT2D eigenvalue weighted by molar-refractivity contribution is 5.25. The molecule has 0 saturated carbocycles. The first kappa shape index (κ1) is 17.2. The first-order valence-corrected chi connectivity index (χ1v) is 8.28. The van der Waals surface area contributed by atoms with E-state index in [2.05, 4.69) is 46.0 Å². The number of aromatic nitrogens is 1. The lowest BCUT2D eigenvalue weighted by Crippen LogP contribution is -2.25. The van der Waals surface area contributed by atoms with E-state index in [1.165, 1.54) is 48.9 Å². The van der Waals surface area contributed by atoms with Crippen LogP contribution < -0.4 is 5.32 Å². The number of aryl methyl sites for hydroxylation is 2. The average Bonchev–Trinajstić information content (AvgIpc) is 2.42. The van der Waals surface area contributed by atoms with E-state index in [1.807, 2.05) is 6.20 Å². The summed E-state index contributed by atoms with van der Waals surface area (Å²) >= 11 is 0. The number of nitrogens with zero attached hydrogens (tertiary/aromatic N) is 1. The third-order valence-corrected chi connectivity index (χ3v) is 4.15. The van der Waals surface area contributed by atoms with Gasteiger partial charge >= 0.3 is 0 Å². The summed E-state index contributed by atoms with van der Waals surface area (Å²) in [5.41, 5.74) is 3.81. The number of pyridine rings is 1. The third kappa shape index (κ3) is 5.24. The van der Waals surface area contributed by atoms with Crippen molar-refractivity contribution in [1.82, 2.24) is 10.3 Å². The van der Waals surface area contributed by atoms with Gasteiger partial charge in [0.05, 0.1) is 5.69 Å². The first-order chi connectivity index (χ1) is 9.62. The first-order valence-electron chi connectivity index (χ1n) is 8.28. The van der Waals surface area contributed by atoms with Gasteiger partial charge in [-0.1, -0.05) is 52.5 Å². The molecule has 1 N–H and O–H groups in total. The standard InChI is InChI=1S/C18H32N2/c1-6-9-10-16(7-2)12-17(19-8-3)18-15(5)11-14(4)13-20-18/h11,13,16-17,19H,6-10,12H2,1-5H3. The summed E-state index contributed by atoms with van der Waals surface area (Å²) in [7, 11) is 0. The van der Waals surface area contributed by atoms with Crippen LogP contribution in [0.4, 0.5) is 0 Å². The van der Waals surface area contributed by atoms with Crippen molar-refractivity contribution in [2.24, 2.45) is 5.92 Å². The summed E-state index contributed by atoms with van der Waals surface area (Å²) in [6.45, 7) is 12.1. The van der Waals surface area contributed by atoms with Crippen LogP contribution in [0.2, 0.25) is 0 Å². The van der Waals surface area contributed by atoms with Crippen LogP contribution in [0.3, 0.4) is 0 Å². The zero-order chi connectivity index (χ0) is 15.0. The van der Waals surface area contributed by atoms with Crippen molar-refractivity contribution in [3.63, 3.8) is 0 Å². The largest absolute Gasteiger partial charge is 0.309 e. The molecule has 2 heteroatoms. The van der Waals surface area contributed by atoms with Crippen molar-refractivity contribution >= 4 is 0 Å². The predicted octanol–water partition coefficient (Wildman–Crippen LogP) is 4.96. The summed E-state index contributed by atoms with van der Waals surface area (Å²) in [5, 5.41) is 3.64. The normalized spacial score (nSPS) is 14.2. The molecule has 0 fully saturated rings. The van der Waals surface area contributed by atoms with Gasteiger partial charge < -0.3 is 5.32 Å². The minimum Gasteiger partial charge on any atom is -0.309 e. The van der Waals surface area contributed by atoms with Gasteiger partial charge in [0.1, 0.15) is 0 Å². The third-order valence-electron chi connectivity index (χ3n) is 4.15. The molecule has 0 bridgehead atoms. The van der Waals surface area contributed by atoms with E-state index in [-0.39, 0.29) is 0 Å². The van der Waals surface area contributed by atoms with E-state index >= 15 is 0 Å². The Morgan fingerprint density at radius 1 is 1.20 bits per heavy atom. The number of hydrogen-bond acceptors (Lipinski definition) is 2. The van der Waals surface area contributed by atoms with Crippen LogP contribution >= 0.6 is 0 Å². The Morgan fingerprint density at radius 3 is 2.50 bits per heavy atom. The SMILES string of the molecule is CCCCC(CC)CC(NCC)c1ncc(C)cc1C. The highest BCUT2D eigenvalue weighted by Crippen LogP contribution is 2.27. The van der Waals surface area contributed by atoms with Gasteiger partial charge in [-0.15, -0.1) is 0 Å². The second-order valence-corrected chi connectivity index (χ2v) is 5.98. The molecular formula is C18H32N2. The fourth-order valence-corrected chi connectivity index (χ4v) is 2.94. The highest BCUT2D eigenvalue weighted by Gasteiger charge is 2.19. The molecule has 1 aromatic heterocycles. The van der Waals surface area contributed by atoms with Gasteiger partial charge in [0.2, 0.25) is 0 Å². The van der Waals surface area contributed by atoms with Gasteiger partial charge in [-0.05, 0) is 43.9 Å². The van der Waals surface area contributed by atoms with Gasteiger partial charge in [0.25, 0.3) is 0 Å². The summed E-state index contributed by atoms with van der Waals surface area (Å²) in [6.07, 6.45) is 8.47. The lowest BCUT2D eigenvalue weighted by Gasteiger charge is -2.24. The van der Waals surface area contributed by atoms with E-state index in [1.54, 1.807) is 0 Å². The van der Waals surface area contributed by atoms with Gasteiger partial charge in [0, 0.05) is 12.2 Å². The lowest BCUT2D eigenvalue weighted by molar-refractivity contribution is 0.352. The summed E-state index contributed by atoms with van der Waals surface area (Å²) in [5.74, 6) is 0.807. The molecule has 0 aromatic carbocycles. The minimum atomic E-state index is 0.405. The summed E-state index contributed by atoms with van der Waals surface area (Å²) in [6, 6.07) is 2.65. The van der Waals surface area contributed by atoms with Crippen LogP contribution in [0.1, 0.15) is 75.7 Å². The molecule has 20 heavy (non-hydrogen) atoms. The van der Waals surface area contributed by atoms with Gasteiger partial charge in [-0.25, -0.2) is 0 Å². The molecule has 2 nitrogen and oxygen atoms in total. The molecule has 0 saturated heterocycles. The number of hydrogen-bond donors (Lipinski definition) is 1. The topological polar surface area (TPSA) is 24.9 Å². The zero-order valence-corrected chi connectivity index (χ0v) is 14.0. The van der Waals surface area contributed by atoms with Crippen molar-refractivity contribution in [3.05, 3.63) is 29.1 Å². The van der Waals surface area contributed by atoms with Crippen molar-refractivity contribution in [3.8, 4) is 0 Å². The molecule has 0 spiro atoms. The molecule has 2 atom stereocenters. The number of nitrogens with one attached hydrogen (secondary N) is 1. The molecule has 2 unspecified atom stereocenters. The Kier molecular flexibility index (Phi) is 7.83. The van der Waals surface area contributed by atoms with Crippen molar-refractivity contribution in [1.29, 1.82) is 0 Å². The second kappa shape index (κ2) is 9.12. The van der Waals surface area contributed by atoms with Crippen LogP contribution in [0.5, 0.6) is 0 Å². The van der Waals surface area contributed by atoms with E-state index in [9.17, 15) is 0 Å². The predicted molar refractivity (Wildman–Crippen MR) is 88.1 cm³/mol. The molecular weight excluding hydrogens is 244 g/mol. The lowest BCUT2D eigenvalue weighted by atomic mass is 9.89. The van der Waals surface area contributed by atoms with Gasteiger partial charge in [-0.2, -0.15) is 0 Å². The maximum atomic E-state index is 4.70.